The molecule has 1 aliphatic heterocycles. The van der Waals surface area contributed by atoms with E-state index in [1.54, 1.807) is 0 Å². The van der Waals surface area contributed by atoms with Crippen LogP contribution in [0.15, 0.2) is 18.2 Å². The van der Waals surface area contributed by atoms with Gasteiger partial charge in [-0.25, -0.2) is 4.39 Å². The molecule has 1 fully saturated rings. The molecule has 1 aliphatic rings. The van der Waals surface area contributed by atoms with Gasteiger partial charge in [-0.05, 0) is 24.1 Å². The first-order valence-corrected chi connectivity index (χ1v) is 5.62. The van der Waals surface area contributed by atoms with E-state index in [0.29, 0.717) is 31.6 Å². The summed E-state index contributed by atoms with van der Waals surface area (Å²) in [6, 6.07) is 3.01. The lowest BCUT2D eigenvalue weighted by atomic mass is 10.1. The van der Waals surface area contributed by atoms with Gasteiger partial charge in [0.2, 0.25) is 0 Å². The monoisotopic (exact) mass is 263 g/mol. The first-order valence-electron chi connectivity index (χ1n) is 5.62. The summed E-state index contributed by atoms with van der Waals surface area (Å²) >= 11 is 0. The van der Waals surface area contributed by atoms with Crippen molar-refractivity contribution < 1.29 is 22.7 Å². The van der Waals surface area contributed by atoms with E-state index < -0.39 is 23.7 Å². The Balaban J connectivity index is 2.15. The molecule has 0 unspecified atom stereocenters. The number of hydrogen-bond acceptors (Lipinski definition) is 2. The lowest BCUT2D eigenvalue weighted by molar-refractivity contribution is -0.140. The van der Waals surface area contributed by atoms with E-state index in [0.717, 1.165) is 12.1 Å². The quantitative estimate of drug-likeness (QED) is 0.828. The molecule has 0 bridgehead atoms. The summed E-state index contributed by atoms with van der Waals surface area (Å²) in [5, 5.41) is 9.32. The van der Waals surface area contributed by atoms with Crippen LogP contribution in [0, 0.1) is 5.82 Å². The molecule has 1 saturated heterocycles. The minimum atomic E-state index is -4.68. The van der Waals surface area contributed by atoms with Crippen molar-refractivity contribution in [1.29, 1.82) is 0 Å². The fraction of sp³-hybridized carbons (Fsp3) is 0.500. The molecule has 1 aromatic rings. The molecule has 0 spiro atoms. The van der Waals surface area contributed by atoms with Crippen molar-refractivity contribution >= 4 is 0 Å². The van der Waals surface area contributed by atoms with Crippen molar-refractivity contribution in [3.05, 3.63) is 35.1 Å². The second-order valence-electron chi connectivity index (χ2n) is 4.49. The summed E-state index contributed by atoms with van der Waals surface area (Å²) in [7, 11) is 0. The predicted molar refractivity (Wildman–Crippen MR) is 57.3 cm³/mol. The molecule has 2 rings (SSSR count). The lowest BCUT2D eigenvalue weighted by Crippen LogP contribution is -2.22. The van der Waals surface area contributed by atoms with Crippen LogP contribution < -0.4 is 0 Å². The Morgan fingerprint density at radius 3 is 2.61 bits per heavy atom. The van der Waals surface area contributed by atoms with Crippen LogP contribution in [0.5, 0.6) is 0 Å². The average Bonchev–Trinajstić information content (AvgIpc) is 2.65. The Morgan fingerprint density at radius 1 is 1.33 bits per heavy atom. The second-order valence-corrected chi connectivity index (χ2v) is 4.49. The average molecular weight is 263 g/mol. The molecule has 0 amide bonds. The van der Waals surface area contributed by atoms with Crippen molar-refractivity contribution in [3.8, 4) is 0 Å². The van der Waals surface area contributed by atoms with E-state index in [4.69, 9.17) is 0 Å². The molecule has 2 nitrogen and oxygen atoms in total. The molecule has 1 aromatic carbocycles. The van der Waals surface area contributed by atoms with Gasteiger partial charge in [-0.3, -0.25) is 4.90 Å². The first-order chi connectivity index (χ1) is 8.36. The SMILES string of the molecule is O[C@@H]1CCN(Cc2ccc(F)c(C(F)(F)F)c2)C1. The molecule has 1 atom stereocenters. The van der Waals surface area contributed by atoms with Crippen LogP contribution >= 0.6 is 0 Å². The molecule has 0 saturated carbocycles. The van der Waals surface area contributed by atoms with E-state index in [1.165, 1.54) is 6.07 Å². The van der Waals surface area contributed by atoms with Crippen LogP contribution in [0.4, 0.5) is 17.6 Å². The summed E-state index contributed by atoms with van der Waals surface area (Å²) in [6.45, 7) is 1.37. The van der Waals surface area contributed by atoms with Crippen molar-refractivity contribution in [2.45, 2.75) is 25.2 Å². The smallest absolute Gasteiger partial charge is 0.392 e. The maximum Gasteiger partial charge on any atom is 0.419 e. The van der Waals surface area contributed by atoms with Crippen LogP contribution in [0.3, 0.4) is 0 Å². The molecule has 0 aromatic heterocycles. The number of benzene rings is 1. The summed E-state index contributed by atoms with van der Waals surface area (Å²) < 4.78 is 50.6. The molecular formula is C12H13F4NO. The van der Waals surface area contributed by atoms with Crippen molar-refractivity contribution in [2.75, 3.05) is 13.1 Å². The van der Waals surface area contributed by atoms with Crippen molar-refractivity contribution in [1.82, 2.24) is 4.90 Å². The van der Waals surface area contributed by atoms with Crippen molar-refractivity contribution in [2.24, 2.45) is 0 Å². The van der Waals surface area contributed by atoms with Crippen LogP contribution in [0.25, 0.3) is 0 Å². The Hall–Kier alpha value is -1.14. The van der Waals surface area contributed by atoms with Crippen LogP contribution in [-0.4, -0.2) is 29.2 Å². The first kappa shape index (κ1) is 13.3. The Bertz CT molecular complexity index is 433. The number of rotatable bonds is 2. The molecule has 1 N–H and O–H groups in total. The molecular weight excluding hydrogens is 250 g/mol. The molecule has 6 heteroatoms. The number of aliphatic hydroxyl groups is 1. The summed E-state index contributed by atoms with van der Waals surface area (Å²) in [5.41, 5.74) is -0.836. The van der Waals surface area contributed by atoms with Gasteiger partial charge in [0.05, 0.1) is 11.7 Å². The van der Waals surface area contributed by atoms with E-state index >= 15 is 0 Å². The topological polar surface area (TPSA) is 23.5 Å². The highest BCUT2D eigenvalue weighted by Gasteiger charge is 2.34. The maximum atomic E-state index is 13.1. The van der Waals surface area contributed by atoms with Crippen LogP contribution in [-0.2, 0) is 12.7 Å². The van der Waals surface area contributed by atoms with Crippen LogP contribution in [0.1, 0.15) is 17.5 Å². The third-order valence-electron chi connectivity index (χ3n) is 2.99. The molecule has 18 heavy (non-hydrogen) atoms. The number of alkyl halides is 3. The minimum Gasteiger partial charge on any atom is -0.392 e. The third-order valence-corrected chi connectivity index (χ3v) is 2.99. The zero-order valence-electron chi connectivity index (χ0n) is 9.54. The number of aliphatic hydroxyl groups excluding tert-OH is 1. The highest BCUT2D eigenvalue weighted by molar-refractivity contribution is 5.27. The fourth-order valence-corrected chi connectivity index (χ4v) is 2.10. The summed E-state index contributed by atoms with van der Waals surface area (Å²) in [6.07, 6.45) is -4.48. The van der Waals surface area contributed by atoms with Gasteiger partial charge in [0, 0.05) is 19.6 Å². The molecule has 0 aliphatic carbocycles. The Labute approximate surface area is 102 Å². The van der Waals surface area contributed by atoms with E-state index in [9.17, 15) is 22.7 Å². The zero-order chi connectivity index (χ0) is 13.3. The van der Waals surface area contributed by atoms with Gasteiger partial charge in [0.1, 0.15) is 5.82 Å². The van der Waals surface area contributed by atoms with Crippen molar-refractivity contribution in [3.63, 3.8) is 0 Å². The summed E-state index contributed by atoms with van der Waals surface area (Å²) in [4.78, 5) is 1.85. The van der Waals surface area contributed by atoms with Gasteiger partial charge < -0.3 is 5.11 Å². The number of β-amino-alcohol motifs (C(OH)–C–C–N with tert-alkyl or cyclic N) is 1. The standard InChI is InChI=1S/C12H13F4NO/c13-11-2-1-8(5-10(11)12(14,15)16)6-17-4-3-9(18)7-17/h1-2,5,9,18H,3-4,6-7H2/t9-/m1/s1. The van der Waals surface area contributed by atoms with E-state index in [2.05, 4.69) is 0 Å². The summed E-state index contributed by atoms with van der Waals surface area (Å²) in [5.74, 6) is -1.26. The van der Waals surface area contributed by atoms with Gasteiger partial charge in [0.15, 0.2) is 0 Å². The second kappa shape index (κ2) is 4.85. The number of likely N-dealkylation sites (tertiary alicyclic amines) is 1. The Kier molecular flexibility index (Phi) is 3.59. The van der Waals surface area contributed by atoms with Gasteiger partial charge in [0.25, 0.3) is 0 Å². The Morgan fingerprint density at radius 2 is 2.06 bits per heavy atom. The van der Waals surface area contributed by atoms with E-state index in [1.807, 2.05) is 4.90 Å². The van der Waals surface area contributed by atoms with Crippen LogP contribution in [0.2, 0.25) is 0 Å². The van der Waals surface area contributed by atoms with Gasteiger partial charge in [-0.15, -0.1) is 0 Å². The number of hydrogen-bond donors (Lipinski definition) is 1. The highest BCUT2D eigenvalue weighted by atomic mass is 19.4. The van der Waals surface area contributed by atoms with Gasteiger partial charge in [-0.2, -0.15) is 13.2 Å². The fourth-order valence-electron chi connectivity index (χ4n) is 2.10. The minimum absolute atomic E-state index is 0.292. The largest absolute Gasteiger partial charge is 0.419 e. The van der Waals surface area contributed by atoms with Gasteiger partial charge >= 0.3 is 6.18 Å². The maximum absolute atomic E-state index is 13.1. The van der Waals surface area contributed by atoms with E-state index in [-0.39, 0.29) is 0 Å². The number of nitrogens with zero attached hydrogens (tertiary/aromatic N) is 1. The predicted octanol–water partition coefficient (Wildman–Crippen LogP) is 2.41. The molecule has 0 radical (unpaired) electrons. The number of halogens is 4. The molecule has 1 heterocycles. The third kappa shape index (κ3) is 3.00. The van der Waals surface area contributed by atoms with Gasteiger partial charge in [-0.1, -0.05) is 6.07 Å². The zero-order valence-corrected chi connectivity index (χ0v) is 9.54. The lowest BCUT2D eigenvalue weighted by Gasteiger charge is -2.16. The highest BCUT2D eigenvalue weighted by Crippen LogP contribution is 2.32. The normalized spacial score (nSPS) is 21.5. The molecule has 100 valence electrons.